The summed E-state index contributed by atoms with van der Waals surface area (Å²) in [5, 5.41) is 33.3. The molecule has 3 rings (SSSR count). The molecule has 3 aromatic heterocycles. The maximum Gasteiger partial charge on any atom is 0.371 e. The number of carbonyl (C=O) groups is 5. The molecule has 3 heterocycles. The lowest BCUT2D eigenvalue weighted by Crippen LogP contribution is -1.94. The van der Waals surface area contributed by atoms with Crippen LogP contribution in [-0.2, 0) is 6.61 Å². The molecule has 0 spiro atoms. The Bertz CT molecular complexity index is 991. The molecule has 0 aliphatic rings. The second-order valence-electron chi connectivity index (χ2n) is 4.98. The Labute approximate surface area is 166 Å². The van der Waals surface area contributed by atoms with Gasteiger partial charge in [-0.3, -0.25) is 9.59 Å². The van der Waals surface area contributed by atoms with Crippen LogP contribution in [-0.4, -0.2) is 50.9 Å². The molecule has 0 saturated heterocycles. The van der Waals surface area contributed by atoms with E-state index in [1.807, 2.05) is 0 Å². The van der Waals surface area contributed by atoms with Gasteiger partial charge in [-0.2, -0.15) is 0 Å². The first-order valence-corrected chi connectivity index (χ1v) is 7.71. The fourth-order valence-corrected chi connectivity index (χ4v) is 1.64. The van der Waals surface area contributed by atoms with E-state index in [1.54, 1.807) is 6.07 Å². The van der Waals surface area contributed by atoms with Crippen LogP contribution < -0.4 is 0 Å². The summed E-state index contributed by atoms with van der Waals surface area (Å²) < 4.78 is 13.7. The molecule has 0 aliphatic carbocycles. The zero-order chi connectivity index (χ0) is 22.7. The summed E-state index contributed by atoms with van der Waals surface area (Å²) in [7, 11) is 0. The van der Waals surface area contributed by atoms with Crippen LogP contribution in [0.1, 0.15) is 58.5 Å². The van der Waals surface area contributed by atoms with Gasteiger partial charge in [0.1, 0.15) is 12.4 Å². The van der Waals surface area contributed by atoms with Gasteiger partial charge in [0, 0.05) is 0 Å². The first kappa shape index (κ1) is 23.6. The van der Waals surface area contributed by atoms with E-state index in [1.165, 1.54) is 18.2 Å². The highest BCUT2D eigenvalue weighted by Crippen LogP contribution is 2.07. The maximum atomic E-state index is 10.2. The predicted octanol–water partition coefficient (Wildman–Crippen LogP) is 2.05. The van der Waals surface area contributed by atoms with Gasteiger partial charge in [0.2, 0.25) is 17.3 Å². The Morgan fingerprint density at radius 3 is 1.33 bits per heavy atom. The first-order valence-electron chi connectivity index (χ1n) is 7.71. The highest BCUT2D eigenvalue weighted by molar-refractivity contribution is 5.89. The molecule has 158 valence electrons. The van der Waals surface area contributed by atoms with E-state index in [4.69, 9.17) is 24.8 Å². The van der Waals surface area contributed by atoms with E-state index in [-0.39, 0.29) is 35.4 Å². The third-order valence-corrected chi connectivity index (χ3v) is 2.94. The van der Waals surface area contributed by atoms with E-state index in [0.717, 1.165) is 12.1 Å². The number of furan rings is 3. The van der Waals surface area contributed by atoms with E-state index in [0.29, 0.717) is 18.3 Å². The first-order chi connectivity index (χ1) is 14.2. The fraction of sp³-hybridized carbons (Fsp3) is 0.0556. The number of aliphatic hydroxyl groups is 1. The van der Waals surface area contributed by atoms with Crippen LogP contribution in [0.25, 0.3) is 0 Å². The van der Waals surface area contributed by atoms with Gasteiger partial charge in [0.15, 0.2) is 24.1 Å². The standard InChI is InChI=1S/C6H4O5.C6H4O4.C6H6O3/c7-5(8)3-1-2-4(11-3)6(9)10;7-3-4-1-2-5(10-4)6(8)9;7-3-5-1-2-6(4-8)9-5/h1-2H,(H,7,8)(H,9,10);1-3H,(H,8,9);1-3,8H,4H2. The van der Waals surface area contributed by atoms with E-state index in [9.17, 15) is 24.0 Å². The van der Waals surface area contributed by atoms with E-state index in [2.05, 4.69) is 8.83 Å². The molecule has 0 radical (unpaired) electrons. The quantitative estimate of drug-likeness (QED) is 0.421. The van der Waals surface area contributed by atoms with Crippen molar-refractivity contribution in [2.24, 2.45) is 0 Å². The van der Waals surface area contributed by atoms with Crippen LogP contribution in [0.5, 0.6) is 0 Å². The number of carbonyl (C=O) groups excluding carboxylic acids is 2. The van der Waals surface area contributed by atoms with Crippen molar-refractivity contribution < 1.29 is 57.7 Å². The summed E-state index contributed by atoms with van der Waals surface area (Å²) >= 11 is 0. The van der Waals surface area contributed by atoms with E-state index >= 15 is 0 Å². The van der Waals surface area contributed by atoms with Crippen LogP contribution in [0.15, 0.2) is 49.6 Å². The molecule has 3 aromatic rings. The average molecular weight is 422 g/mol. The highest BCUT2D eigenvalue weighted by Gasteiger charge is 2.12. The Morgan fingerprint density at radius 1 is 0.667 bits per heavy atom. The zero-order valence-electron chi connectivity index (χ0n) is 14.9. The number of carboxylic acid groups (broad SMARTS) is 3. The van der Waals surface area contributed by atoms with Gasteiger partial charge in [-0.15, -0.1) is 0 Å². The normalized spacial score (nSPS) is 9.37. The number of aliphatic hydroxyl groups excluding tert-OH is 1. The third kappa shape index (κ3) is 7.28. The number of hydrogen-bond donors (Lipinski definition) is 4. The van der Waals surface area contributed by atoms with Crippen LogP contribution in [0, 0.1) is 0 Å². The summed E-state index contributed by atoms with van der Waals surface area (Å²) in [6.07, 6.45) is 1.05. The molecule has 0 saturated carbocycles. The van der Waals surface area contributed by atoms with Crippen LogP contribution in [0.2, 0.25) is 0 Å². The minimum Gasteiger partial charge on any atom is -0.475 e. The molecule has 12 nitrogen and oxygen atoms in total. The average Bonchev–Trinajstić information content (AvgIpc) is 3.48. The largest absolute Gasteiger partial charge is 0.475 e. The fourth-order valence-electron chi connectivity index (χ4n) is 1.64. The number of rotatable bonds is 6. The zero-order valence-corrected chi connectivity index (χ0v) is 14.9. The lowest BCUT2D eigenvalue weighted by Gasteiger charge is -1.84. The Balaban J connectivity index is 0.000000226. The number of aldehydes is 2. The molecule has 0 unspecified atom stereocenters. The van der Waals surface area contributed by atoms with Gasteiger partial charge in [-0.05, 0) is 36.4 Å². The van der Waals surface area contributed by atoms with E-state index < -0.39 is 17.9 Å². The van der Waals surface area contributed by atoms with Gasteiger partial charge in [0.25, 0.3) is 0 Å². The monoisotopic (exact) mass is 422 g/mol. The van der Waals surface area contributed by atoms with Gasteiger partial charge in [-0.25, -0.2) is 14.4 Å². The second kappa shape index (κ2) is 11.4. The molecule has 0 bridgehead atoms. The van der Waals surface area contributed by atoms with Crippen molar-refractivity contribution in [2.75, 3.05) is 0 Å². The number of carboxylic acids is 3. The molecule has 0 aliphatic heterocycles. The summed E-state index contributed by atoms with van der Waals surface area (Å²) in [5.41, 5.74) is 0. The van der Waals surface area contributed by atoms with Gasteiger partial charge >= 0.3 is 17.9 Å². The van der Waals surface area contributed by atoms with Crippen LogP contribution in [0.4, 0.5) is 0 Å². The molecule has 0 atom stereocenters. The molecule has 0 fully saturated rings. The topological polar surface area (TPSA) is 206 Å². The minimum atomic E-state index is -1.28. The van der Waals surface area contributed by atoms with Crippen molar-refractivity contribution in [1.82, 2.24) is 0 Å². The smallest absolute Gasteiger partial charge is 0.371 e. The van der Waals surface area contributed by atoms with Crippen molar-refractivity contribution in [3.05, 3.63) is 71.0 Å². The van der Waals surface area contributed by atoms with Crippen molar-refractivity contribution in [2.45, 2.75) is 6.61 Å². The van der Waals surface area contributed by atoms with Gasteiger partial charge < -0.3 is 33.7 Å². The van der Waals surface area contributed by atoms with Gasteiger partial charge in [0.05, 0.1) is 0 Å². The summed E-state index contributed by atoms with van der Waals surface area (Å²) in [4.78, 5) is 50.3. The highest BCUT2D eigenvalue weighted by atomic mass is 16.4. The second-order valence-corrected chi connectivity index (χ2v) is 4.98. The Morgan fingerprint density at radius 2 is 1.07 bits per heavy atom. The van der Waals surface area contributed by atoms with Crippen LogP contribution in [0.3, 0.4) is 0 Å². The Hall–Kier alpha value is -4.45. The molecule has 0 aromatic carbocycles. The van der Waals surface area contributed by atoms with Crippen molar-refractivity contribution in [1.29, 1.82) is 0 Å². The lowest BCUT2D eigenvalue weighted by atomic mass is 10.4. The molecule has 12 heteroatoms. The summed E-state index contributed by atoms with van der Waals surface area (Å²) in [5.74, 6) is -4.01. The molecule has 30 heavy (non-hydrogen) atoms. The van der Waals surface area contributed by atoms with Gasteiger partial charge in [-0.1, -0.05) is 0 Å². The number of hydrogen-bond acceptors (Lipinski definition) is 9. The summed E-state index contributed by atoms with van der Waals surface area (Å²) in [6, 6.07) is 7.78. The number of aromatic carboxylic acids is 3. The van der Waals surface area contributed by atoms with Crippen molar-refractivity contribution in [3.63, 3.8) is 0 Å². The maximum absolute atomic E-state index is 10.2. The predicted molar refractivity (Wildman–Crippen MR) is 93.7 cm³/mol. The minimum absolute atomic E-state index is 0.0254. The Kier molecular flexibility index (Phi) is 8.97. The van der Waals surface area contributed by atoms with Crippen molar-refractivity contribution >= 4 is 30.5 Å². The SMILES string of the molecule is O=C(O)c1ccc(C(=O)O)o1.O=Cc1ccc(C(=O)O)o1.O=Cc1ccc(CO)o1. The lowest BCUT2D eigenvalue weighted by molar-refractivity contribution is 0.0625. The molecule has 4 N–H and O–H groups in total. The third-order valence-electron chi connectivity index (χ3n) is 2.94. The molecular weight excluding hydrogens is 408 g/mol. The molecule has 0 amide bonds. The van der Waals surface area contributed by atoms with Crippen LogP contribution >= 0.6 is 0 Å². The molecular formula is C18H14O12. The van der Waals surface area contributed by atoms with Crippen molar-refractivity contribution in [3.8, 4) is 0 Å². The summed E-state index contributed by atoms with van der Waals surface area (Å²) in [6.45, 7) is -0.159.